The third-order valence-corrected chi connectivity index (χ3v) is 5.06. The monoisotopic (exact) mass is 441 g/mol. The van der Waals surface area contributed by atoms with E-state index < -0.39 is 20.9 Å². The van der Waals surface area contributed by atoms with E-state index in [-0.39, 0.29) is 5.75 Å². The number of hydrogen-bond acceptors (Lipinski definition) is 7. The number of benzene rings is 1. The van der Waals surface area contributed by atoms with Gasteiger partial charge < -0.3 is 14.5 Å². The molecule has 158 valence electrons. The van der Waals surface area contributed by atoms with Crippen molar-refractivity contribution >= 4 is 32.0 Å². The maximum absolute atomic E-state index is 12.7. The van der Waals surface area contributed by atoms with Gasteiger partial charge in [-0.05, 0) is 26.0 Å². The number of nitrogens with zero attached hydrogens (tertiary/aromatic N) is 2. The second-order valence-electron chi connectivity index (χ2n) is 6.19. The molecule has 9 nitrogen and oxygen atoms in total. The van der Waals surface area contributed by atoms with Crippen LogP contribution in [0.25, 0.3) is 11.0 Å². The van der Waals surface area contributed by atoms with Crippen LogP contribution in [-0.2, 0) is 26.7 Å². The predicted octanol–water partition coefficient (Wildman–Crippen LogP) is 2.40. The van der Waals surface area contributed by atoms with Gasteiger partial charge in [-0.2, -0.15) is 8.42 Å². The van der Waals surface area contributed by atoms with E-state index in [0.717, 1.165) is 39.4 Å². The van der Waals surface area contributed by atoms with Gasteiger partial charge in [-0.15, -0.1) is 0 Å². The van der Waals surface area contributed by atoms with E-state index in [9.17, 15) is 12.6 Å². The third kappa shape index (κ3) is 6.24. The van der Waals surface area contributed by atoms with E-state index in [0.29, 0.717) is 11.4 Å². The average Bonchev–Trinajstić information content (AvgIpc) is 3.06. The quantitative estimate of drug-likeness (QED) is 0.577. The fraction of sp³-hybridized carbons (Fsp3) is 0.333. The predicted molar refractivity (Wildman–Crippen MR) is 110 cm³/mol. The fourth-order valence-electron chi connectivity index (χ4n) is 2.61. The third-order valence-electron chi connectivity index (χ3n) is 3.90. The summed E-state index contributed by atoms with van der Waals surface area (Å²) in [5.41, 5.74) is 4.16. The smallest absolute Gasteiger partial charge is 0.261 e. The van der Waals surface area contributed by atoms with Crippen LogP contribution >= 0.6 is 0 Å². The van der Waals surface area contributed by atoms with Crippen molar-refractivity contribution in [1.29, 1.82) is 0 Å². The number of aryl methyl sites for hydroxylation is 1. The van der Waals surface area contributed by atoms with Crippen LogP contribution in [0.4, 0.5) is 0 Å². The molecule has 0 amide bonds. The topological polar surface area (TPSA) is 131 Å². The van der Waals surface area contributed by atoms with Crippen LogP contribution in [-0.4, -0.2) is 52.6 Å². The number of ether oxygens (including phenoxy) is 2. The van der Waals surface area contributed by atoms with Crippen LogP contribution in [0, 0.1) is 13.8 Å². The van der Waals surface area contributed by atoms with Gasteiger partial charge in [0.25, 0.3) is 10.1 Å². The lowest BCUT2D eigenvalue weighted by atomic mass is 10.1. The molecule has 0 spiro atoms. The van der Waals surface area contributed by atoms with Crippen molar-refractivity contribution in [1.82, 2.24) is 15.0 Å². The second-order valence-corrected chi connectivity index (χ2v) is 9.03. The molecule has 0 bridgehead atoms. The van der Waals surface area contributed by atoms with Crippen molar-refractivity contribution in [2.75, 3.05) is 20.5 Å². The molecule has 0 radical (unpaired) electrons. The number of imidazole rings is 1. The van der Waals surface area contributed by atoms with E-state index in [1.165, 1.54) is 0 Å². The lowest BCUT2D eigenvalue weighted by Crippen LogP contribution is -2.05. The van der Waals surface area contributed by atoms with E-state index in [1.807, 2.05) is 32.0 Å². The van der Waals surface area contributed by atoms with Crippen molar-refractivity contribution in [2.24, 2.45) is 0 Å². The van der Waals surface area contributed by atoms with Crippen LogP contribution in [0.1, 0.15) is 16.8 Å². The number of aromatic amines is 1. The zero-order chi connectivity index (χ0) is 21.8. The number of methoxy groups -OCH3 is 2. The van der Waals surface area contributed by atoms with E-state index >= 15 is 0 Å². The van der Waals surface area contributed by atoms with Crippen LogP contribution < -0.4 is 9.47 Å². The zero-order valence-corrected chi connectivity index (χ0v) is 18.3. The first kappa shape index (κ1) is 22.8. The molecular weight excluding hydrogens is 418 g/mol. The highest BCUT2D eigenvalue weighted by Gasteiger charge is 2.16. The van der Waals surface area contributed by atoms with Crippen molar-refractivity contribution in [3.63, 3.8) is 0 Å². The summed E-state index contributed by atoms with van der Waals surface area (Å²) in [6.07, 6.45) is 2.45. The van der Waals surface area contributed by atoms with Gasteiger partial charge in [0.05, 0.1) is 53.8 Å². The Bertz CT molecular complexity index is 1130. The highest BCUT2D eigenvalue weighted by Crippen LogP contribution is 2.26. The Labute approximate surface area is 171 Å². The molecule has 2 heterocycles. The highest BCUT2D eigenvalue weighted by molar-refractivity contribution is 7.85. The van der Waals surface area contributed by atoms with Crippen molar-refractivity contribution in [3.05, 3.63) is 41.2 Å². The number of pyridine rings is 1. The summed E-state index contributed by atoms with van der Waals surface area (Å²) >= 11 is 0. The second kappa shape index (κ2) is 9.33. The van der Waals surface area contributed by atoms with Gasteiger partial charge in [0.2, 0.25) is 0 Å². The Kier molecular flexibility index (Phi) is 7.33. The summed E-state index contributed by atoms with van der Waals surface area (Å²) in [5.74, 6) is 1.79. The first-order chi connectivity index (χ1) is 13.5. The maximum atomic E-state index is 12.7. The van der Waals surface area contributed by atoms with Gasteiger partial charge in [0, 0.05) is 23.4 Å². The molecule has 3 rings (SSSR count). The van der Waals surface area contributed by atoms with Crippen LogP contribution in [0.3, 0.4) is 0 Å². The molecule has 0 aliphatic carbocycles. The van der Waals surface area contributed by atoms with Gasteiger partial charge in [-0.3, -0.25) is 13.7 Å². The minimum Gasteiger partial charge on any atom is -0.497 e. The first-order valence-electron chi connectivity index (χ1n) is 8.37. The zero-order valence-electron chi connectivity index (χ0n) is 16.7. The Morgan fingerprint density at radius 3 is 2.45 bits per heavy atom. The Morgan fingerprint density at radius 1 is 1.21 bits per heavy atom. The molecule has 0 saturated carbocycles. The summed E-state index contributed by atoms with van der Waals surface area (Å²) < 4.78 is 49.1. The molecule has 0 aliphatic heterocycles. The summed E-state index contributed by atoms with van der Waals surface area (Å²) in [6, 6.07) is 5.50. The molecule has 1 aromatic carbocycles. The SMILES string of the molecule is COc1ccc2nc([S@@](=O)Cc3ncc(C)c(OC)c3C)[nH]c2c1.CS(=O)(=O)O. The van der Waals surface area contributed by atoms with E-state index in [2.05, 4.69) is 15.0 Å². The molecule has 2 N–H and O–H groups in total. The number of hydrogen-bond donors (Lipinski definition) is 2. The van der Waals surface area contributed by atoms with Crippen LogP contribution in [0.5, 0.6) is 11.5 Å². The fourth-order valence-corrected chi connectivity index (χ4v) is 3.71. The number of rotatable bonds is 5. The molecule has 29 heavy (non-hydrogen) atoms. The van der Waals surface area contributed by atoms with E-state index in [4.69, 9.17) is 14.0 Å². The summed E-state index contributed by atoms with van der Waals surface area (Å²) in [5, 5.41) is 0.430. The number of nitrogens with one attached hydrogen (secondary N) is 1. The standard InChI is InChI=1S/C17H19N3O3S.CH4O3S/c1-10-8-18-15(11(2)16(10)23-4)9-24(21)17-19-13-6-5-12(22-3)7-14(13)20-17;1-5(2,3)4/h5-8H,9H2,1-4H3,(H,19,20);1H3,(H,2,3,4)/t24-;/m0./s1. The molecular formula is C18H23N3O6S2. The van der Waals surface area contributed by atoms with E-state index in [1.54, 1.807) is 20.4 Å². The first-order valence-corrected chi connectivity index (χ1v) is 11.5. The minimum atomic E-state index is -3.67. The van der Waals surface area contributed by atoms with Crippen molar-refractivity contribution < 1.29 is 26.7 Å². The average molecular weight is 442 g/mol. The molecule has 1 atom stereocenters. The highest BCUT2D eigenvalue weighted by atomic mass is 32.2. The van der Waals surface area contributed by atoms with Gasteiger partial charge >= 0.3 is 0 Å². The largest absolute Gasteiger partial charge is 0.497 e. The van der Waals surface area contributed by atoms with Gasteiger partial charge in [0.15, 0.2) is 5.16 Å². The lowest BCUT2D eigenvalue weighted by Gasteiger charge is -2.11. The number of H-pyrrole nitrogens is 1. The summed E-state index contributed by atoms with van der Waals surface area (Å²) in [4.78, 5) is 11.9. The van der Waals surface area contributed by atoms with Crippen molar-refractivity contribution in [3.8, 4) is 11.5 Å². The number of fused-ring (bicyclic) bond motifs is 1. The van der Waals surface area contributed by atoms with Gasteiger partial charge in [-0.1, -0.05) is 0 Å². The summed E-state index contributed by atoms with van der Waals surface area (Å²) in [7, 11) is -1.76. The Morgan fingerprint density at radius 2 is 1.86 bits per heavy atom. The lowest BCUT2D eigenvalue weighted by molar-refractivity contribution is 0.407. The normalized spacial score (nSPS) is 12.2. The van der Waals surface area contributed by atoms with Crippen LogP contribution in [0.2, 0.25) is 0 Å². The number of aromatic nitrogens is 3. The van der Waals surface area contributed by atoms with Gasteiger partial charge in [0.1, 0.15) is 11.5 Å². The van der Waals surface area contributed by atoms with Crippen LogP contribution in [0.15, 0.2) is 29.6 Å². The molecule has 0 aliphatic rings. The maximum Gasteiger partial charge on any atom is 0.261 e. The molecule has 11 heteroatoms. The molecule has 0 saturated heterocycles. The molecule has 0 unspecified atom stereocenters. The minimum absolute atomic E-state index is 0.277. The van der Waals surface area contributed by atoms with Crippen molar-refractivity contribution in [2.45, 2.75) is 24.8 Å². The summed E-state index contributed by atoms with van der Waals surface area (Å²) in [6.45, 7) is 3.86. The molecule has 0 fully saturated rings. The molecule has 2 aromatic heterocycles. The Balaban J connectivity index is 0.000000537. The molecule has 3 aromatic rings. The van der Waals surface area contributed by atoms with Gasteiger partial charge in [-0.25, -0.2) is 4.98 Å². The Hall–Kier alpha value is -2.50.